The molecule has 0 aromatic rings. The molecule has 1 atom stereocenters. The molecule has 0 bridgehead atoms. The number of carboxylic acids is 1. The van der Waals surface area contributed by atoms with Crippen molar-refractivity contribution in [3.8, 4) is 0 Å². The standard InChI is InChI=1S/C9H14O6.C3H6O3/c1-6(10)13-4-9(15-8(3)12)5-14-7(2)11;1-2(4)3(5)6/h9H,4-5H2,1-3H3;2,4H,1H3,(H,5,6). The van der Waals surface area contributed by atoms with Gasteiger partial charge in [-0.2, -0.15) is 0 Å². The second kappa shape index (κ2) is 11.6. The molecule has 0 saturated heterocycles. The second-order valence-corrected chi connectivity index (χ2v) is 3.85. The fourth-order valence-electron chi connectivity index (χ4n) is 0.771. The van der Waals surface area contributed by atoms with Gasteiger partial charge >= 0.3 is 23.9 Å². The zero-order valence-electron chi connectivity index (χ0n) is 12.3. The Balaban J connectivity index is 0. The first-order valence-electron chi connectivity index (χ1n) is 5.91. The number of carbonyl (C=O) groups is 4. The average molecular weight is 308 g/mol. The summed E-state index contributed by atoms with van der Waals surface area (Å²) in [5.41, 5.74) is 0. The Morgan fingerprint density at radius 2 is 1.24 bits per heavy atom. The van der Waals surface area contributed by atoms with Gasteiger partial charge in [-0.1, -0.05) is 0 Å². The van der Waals surface area contributed by atoms with Crippen molar-refractivity contribution in [3.63, 3.8) is 0 Å². The topological polar surface area (TPSA) is 136 Å². The molecule has 0 fully saturated rings. The number of hydrogen-bond acceptors (Lipinski definition) is 8. The van der Waals surface area contributed by atoms with Gasteiger partial charge in [-0.05, 0) is 6.92 Å². The van der Waals surface area contributed by atoms with Gasteiger partial charge in [0.05, 0.1) is 0 Å². The summed E-state index contributed by atoms with van der Waals surface area (Å²) in [7, 11) is 0. The molecule has 0 aliphatic rings. The summed E-state index contributed by atoms with van der Waals surface area (Å²) in [6, 6.07) is 0. The Labute approximate surface area is 121 Å². The second-order valence-electron chi connectivity index (χ2n) is 3.85. The fraction of sp³-hybridized carbons (Fsp3) is 0.667. The monoisotopic (exact) mass is 308 g/mol. The van der Waals surface area contributed by atoms with Crippen molar-refractivity contribution >= 4 is 23.9 Å². The van der Waals surface area contributed by atoms with Gasteiger partial charge in [0, 0.05) is 20.8 Å². The molecule has 0 radical (unpaired) electrons. The van der Waals surface area contributed by atoms with Crippen LogP contribution in [0.4, 0.5) is 0 Å². The number of aliphatic hydroxyl groups excluding tert-OH is 1. The lowest BCUT2D eigenvalue weighted by molar-refractivity contribution is -0.163. The molecule has 0 amide bonds. The van der Waals surface area contributed by atoms with Crippen LogP contribution in [0.1, 0.15) is 27.7 Å². The van der Waals surface area contributed by atoms with Gasteiger partial charge in [-0.25, -0.2) is 4.79 Å². The number of carbonyl (C=O) groups excluding carboxylic acids is 3. The predicted molar refractivity (Wildman–Crippen MR) is 68.1 cm³/mol. The minimum Gasteiger partial charge on any atom is -0.479 e. The van der Waals surface area contributed by atoms with Crippen LogP contribution in [0.3, 0.4) is 0 Å². The lowest BCUT2D eigenvalue weighted by atomic mass is 10.4. The van der Waals surface area contributed by atoms with E-state index in [4.69, 9.17) is 14.9 Å². The summed E-state index contributed by atoms with van der Waals surface area (Å²) in [6.07, 6.45) is -1.99. The fourth-order valence-corrected chi connectivity index (χ4v) is 0.771. The maximum absolute atomic E-state index is 10.6. The minimum absolute atomic E-state index is 0.123. The first kappa shape index (κ1) is 21.1. The van der Waals surface area contributed by atoms with Crippen molar-refractivity contribution in [2.75, 3.05) is 13.2 Å². The Morgan fingerprint density at radius 1 is 0.905 bits per heavy atom. The zero-order chi connectivity index (χ0) is 17.0. The highest BCUT2D eigenvalue weighted by Gasteiger charge is 2.15. The van der Waals surface area contributed by atoms with Gasteiger partial charge in [-0.15, -0.1) is 0 Å². The van der Waals surface area contributed by atoms with Crippen molar-refractivity contribution in [3.05, 3.63) is 0 Å². The van der Waals surface area contributed by atoms with Crippen molar-refractivity contribution in [1.82, 2.24) is 0 Å². The van der Waals surface area contributed by atoms with E-state index in [0.29, 0.717) is 0 Å². The number of esters is 3. The number of ether oxygens (including phenoxy) is 3. The van der Waals surface area contributed by atoms with Crippen LogP contribution in [0.5, 0.6) is 0 Å². The van der Waals surface area contributed by atoms with Gasteiger partial charge in [0.1, 0.15) is 19.3 Å². The number of aliphatic hydroxyl groups is 1. The summed E-state index contributed by atoms with van der Waals surface area (Å²) in [5.74, 6) is -2.70. The van der Waals surface area contributed by atoms with Crippen molar-refractivity contribution in [1.29, 1.82) is 0 Å². The summed E-state index contributed by atoms with van der Waals surface area (Å²) < 4.78 is 14.0. The van der Waals surface area contributed by atoms with E-state index in [1.54, 1.807) is 0 Å². The molecule has 122 valence electrons. The lowest BCUT2D eigenvalue weighted by Gasteiger charge is -2.15. The SMILES string of the molecule is CC(=O)OCC(COC(C)=O)OC(C)=O.CC(O)C(=O)O. The van der Waals surface area contributed by atoms with Crippen LogP contribution < -0.4 is 0 Å². The van der Waals surface area contributed by atoms with Crippen molar-refractivity contribution < 1.29 is 43.6 Å². The van der Waals surface area contributed by atoms with Crippen LogP contribution >= 0.6 is 0 Å². The van der Waals surface area contributed by atoms with E-state index in [2.05, 4.69) is 9.47 Å². The maximum Gasteiger partial charge on any atom is 0.332 e. The molecule has 0 saturated carbocycles. The van der Waals surface area contributed by atoms with Crippen LogP contribution in [-0.4, -0.2) is 59.5 Å². The smallest absolute Gasteiger partial charge is 0.332 e. The maximum atomic E-state index is 10.6. The van der Waals surface area contributed by atoms with Crippen LogP contribution in [-0.2, 0) is 33.4 Å². The molecule has 0 aromatic carbocycles. The summed E-state index contributed by atoms with van der Waals surface area (Å²) in [6.45, 7) is 4.63. The van der Waals surface area contributed by atoms with Gasteiger partial charge in [0.25, 0.3) is 0 Å². The Morgan fingerprint density at radius 3 is 1.43 bits per heavy atom. The number of rotatable bonds is 6. The lowest BCUT2D eigenvalue weighted by Crippen LogP contribution is -2.29. The van der Waals surface area contributed by atoms with E-state index in [0.717, 1.165) is 0 Å². The molecule has 21 heavy (non-hydrogen) atoms. The average Bonchev–Trinajstić information content (AvgIpc) is 2.32. The van der Waals surface area contributed by atoms with E-state index in [-0.39, 0.29) is 13.2 Å². The summed E-state index contributed by atoms with van der Waals surface area (Å²) in [4.78, 5) is 41.1. The number of carboxylic acid groups (broad SMARTS) is 1. The molecule has 2 N–H and O–H groups in total. The van der Waals surface area contributed by atoms with E-state index in [1.807, 2.05) is 0 Å². The molecular weight excluding hydrogens is 288 g/mol. The Kier molecular flexibility index (Phi) is 11.7. The minimum atomic E-state index is -1.23. The van der Waals surface area contributed by atoms with Crippen molar-refractivity contribution in [2.24, 2.45) is 0 Å². The van der Waals surface area contributed by atoms with E-state index in [1.165, 1.54) is 27.7 Å². The third kappa shape index (κ3) is 17.8. The Hall–Kier alpha value is -2.16. The zero-order valence-corrected chi connectivity index (χ0v) is 12.3. The highest BCUT2D eigenvalue weighted by Crippen LogP contribution is 1.97. The molecule has 1 unspecified atom stereocenters. The number of hydrogen-bond donors (Lipinski definition) is 2. The molecule has 0 heterocycles. The number of aliphatic carboxylic acids is 1. The molecule has 0 aliphatic heterocycles. The van der Waals surface area contributed by atoms with Crippen LogP contribution in [0.2, 0.25) is 0 Å². The summed E-state index contributed by atoms with van der Waals surface area (Å²) in [5, 5.41) is 15.8. The largest absolute Gasteiger partial charge is 0.479 e. The van der Waals surface area contributed by atoms with E-state index < -0.39 is 36.1 Å². The normalized spacial score (nSPS) is 10.8. The molecule has 0 aliphatic carbocycles. The molecule has 9 heteroatoms. The van der Waals surface area contributed by atoms with Crippen LogP contribution in [0.15, 0.2) is 0 Å². The van der Waals surface area contributed by atoms with Gasteiger partial charge in [0.2, 0.25) is 0 Å². The highest BCUT2D eigenvalue weighted by molar-refractivity contribution is 5.71. The van der Waals surface area contributed by atoms with Gasteiger partial charge in [0.15, 0.2) is 6.10 Å². The molecular formula is C12H20O9. The molecule has 0 spiro atoms. The van der Waals surface area contributed by atoms with E-state index >= 15 is 0 Å². The predicted octanol–water partition coefficient (Wildman–Crippen LogP) is -0.504. The third-order valence-corrected chi connectivity index (χ3v) is 1.63. The molecule has 0 rings (SSSR count). The highest BCUT2D eigenvalue weighted by atomic mass is 16.6. The first-order valence-corrected chi connectivity index (χ1v) is 5.91. The summed E-state index contributed by atoms with van der Waals surface area (Å²) >= 11 is 0. The van der Waals surface area contributed by atoms with Gasteiger partial charge < -0.3 is 24.4 Å². The van der Waals surface area contributed by atoms with Crippen LogP contribution in [0, 0.1) is 0 Å². The quantitative estimate of drug-likeness (QED) is 0.491. The van der Waals surface area contributed by atoms with E-state index in [9.17, 15) is 19.2 Å². The third-order valence-electron chi connectivity index (χ3n) is 1.63. The first-order chi connectivity index (χ1) is 9.56. The van der Waals surface area contributed by atoms with Crippen molar-refractivity contribution in [2.45, 2.75) is 39.9 Å². The Bertz CT molecular complexity index is 344. The molecule has 0 aromatic heterocycles. The van der Waals surface area contributed by atoms with Crippen LogP contribution in [0.25, 0.3) is 0 Å². The molecule has 9 nitrogen and oxygen atoms in total. The van der Waals surface area contributed by atoms with Gasteiger partial charge in [-0.3, -0.25) is 14.4 Å².